The van der Waals surface area contributed by atoms with E-state index in [1.807, 2.05) is 6.07 Å². The lowest BCUT2D eigenvalue weighted by atomic mass is 10.00. The van der Waals surface area contributed by atoms with Crippen LogP contribution in [0.4, 0.5) is 24.7 Å². The molecule has 0 saturated carbocycles. The van der Waals surface area contributed by atoms with Gasteiger partial charge in [0.15, 0.2) is 5.82 Å². The highest BCUT2D eigenvalue weighted by atomic mass is 19.3. The second kappa shape index (κ2) is 10.4. The van der Waals surface area contributed by atoms with Crippen LogP contribution in [0.5, 0.6) is 5.88 Å². The minimum absolute atomic E-state index is 0.0607. The predicted octanol–water partition coefficient (Wildman–Crippen LogP) is 4.35. The average molecular weight is 506 g/mol. The SMILES string of the molecule is COCC(F)(F)c1cccc([C@@H](C)Nc2nnc(C)c3nc(OC)c(N4CCC(O)CC4)cc23)c1F. The molecular weight excluding hydrogens is 475 g/mol. The molecule has 1 aromatic carbocycles. The maximum absolute atomic E-state index is 15.2. The number of nitrogens with zero attached hydrogens (tertiary/aromatic N) is 4. The van der Waals surface area contributed by atoms with Crippen molar-refractivity contribution in [3.05, 3.63) is 46.9 Å². The number of alkyl halides is 2. The van der Waals surface area contributed by atoms with Gasteiger partial charge in [-0.05, 0) is 38.8 Å². The highest BCUT2D eigenvalue weighted by Crippen LogP contribution is 2.37. The number of aryl methyl sites for hydroxylation is 1. The first-order valence-electron chi connectivity index (χ1n) is 11.7. The van der Waals surface area contributed by atoms with Gasteiger partial charge in [-0.2, -0.15) is 13.9 Å². The van der Waals surface area contributed by atoms with E-state index in [-0.39, 0.29) is 11.7 Å². The smallest absolute Gasteiger partial charge is 0.298 e. The highest BCUT2D eigenvalue weighted by molar-refractivity contribution is 5.93. The van der Waals surface area contributed by atoms with Crippen LogP contribution in [0.15, 0.2) is 24.3 Å². The Balaban J connectivity index is 1.72. The summed E-state index contributed by atoms with van der Waals surface area (Å²) >= 11 is 0. The molecule has 0 unspecified atom stereocenters. The van der Waals surface area contributed by atoms with E-state index in [9.17, 15) is 13.9 Å². The molecule has 1 aliphatic heterocycles. The number of anilines is 2. The molecule has 3 heterocycles. The van der Waals surface area contributed by atoms with Crippen molar-refractivity contribution >= 4 is 22.4 Å². The van der Waals surface area contributed by atoms with Gasteiger partial charge in [0.25, 0.3) is 5.92 Å². The molecule has 3 aromatic rings. The minimum atomic E-state index is -3.47. The van der Waals surface area contributed by atoms with Gasteiger partial charge >= 0.3 is 0 Å². The van der Waals surface area contributed by atoms with Crippen LogP contribution in [0.2, 0.25) is 0 Å². The van der Waals surface area contributed by atoms with Gasteiger partial charge < -0.3 is 24.8 Å². The lowest BCUT2D eigenvalue weighted by Gasteiger charge is -2.32. The zero-order chi connectivity index (χ0) is 26.0. The summed E-state index contributed by atoms with van der Waals surface area (Å²) in [5.41, 5.74) is 1.21. The summed E-state index contributed by atoms with van der Waals surface area (Å²) in [6.07, 6.45) is 0.911. The van der Waals surface area contributed by atoms with Crippen LogP contribution in [0.3, 0.4) is 0 Å². The molecule has 8 nitrogen and oxygen atoms in total. The second-order valence-electron chi connectivity index (χ2n) is 8.98. The summed E-state index contributed by atoms with van der Waals surface area (Å²) in [5, 5.41) is 22.1. The zero-order valence-corrected chi connectivity index (χ0v) is 20.7. The number of nitrogens with one attached hydrogen (secondary N) is 1. The van der Waals surface area contributed by atoms with Crippen LogP contribution in [0, 0.1) is 12.7 Å². The monoisotopic (exact) mass is 505 g/mol. The van der Waals surface area contributed by atoms with Crippen LogP contribution in [-0.2, 0) is 10.7 Å². The lowest BCUT2D eigenvalue weighted by molar-refractivity contribution is -0.0722. The normalized spacial score (nSPS) is 15.8. The molecule has 1 aliphatic rings. The summed E-state index contributed by atoms with van der Waals surface area (Å²) in [4.78, 5) is 6.74. The molecule has 1 atom stereocenters. The Labute approximate surface area is 207 Å². The van der Waals surface area contributed by atoms with Crippen molar-refractivity contribution in [3.63, 3.8) is 0 Å². The van der Waals surface area contributed by atoms with Crippen LogP contribution < -0.4 is 15.0 Å². The van der Waals surface area contributed by atoms with E-state index in [2.05, 4.69) is 30.1 Å². The fraction of sp³-hybridized carbons (Fsp3) is 0.480. The molecule has 36 heavy (non-hydrogen) atoms. The number of benzene rings is 1. The second-order valence-corrected chi connectivity index (χ2v) is 8.98. The molecule has 0 radical (unpaired) electrons. The number of aliphatic hydroxyl groups excluding tert-OH is 1. The first kappa shape index (κ1) is 25.9. The van der Waals surface area contributed by atoms with Crippen molar-refractivity contribution in [1.29, 1.82) is 0 Å². The molecule has 0 bridgehead atoms. The molecule has 1 fully saturated rings. The largest absolute Gasteiger partial charge is 0.480 e. The first-order valence-corrected chi connectivity index (χ1v) is 11.7. The van der Waals surface area contributed by atoms with E-state index in [0.29, 0.717) is 54.2 Å². The molecule has 194 valence electrons. The Morgan fingerprint density at radius 1 is 1.22 bits per heavy atom. The fourth-order valence-corrected chi connectivity index (χ4v) is 4.47. The Morgan fingerprint density at radius 2 is 1.94 bits per heavy atom. The number of methoxy groups -OCH3 is 2. The molecule has 1 saturated heterocycles. The summed E-state index contributed by atoms with van der Waals surface area (Å²) in [5.74, 6) is -3.71. The standard InChI is InChI=1S/C25H30F3N5O3/c1-14(17-6-5-7-19(21(17)26)25(27,28)13-35-3)29-23-18-12-20(33-10-8-16(34)9-11-33)24(36-4)30-22(18)15(2)31-32-23/h5-7,12,14,16,34H,8-11,13H2,1-4H3,(H,29,32)/t14-/m1/s1. The number of piperidine rings is 1. The number of halogens is 3. The third-order valence-electron chi connectivity index (χ3n) is 6.43. The summed E-state index contributed by atoms with van der Waals surface area (Å²) in [6.45, 7) is 3.78. The third-order valence-corrected chi connectivity index (χ3v) is 6.43. The van der Waals surface area contributed by atoms with Crippen LogP contribution in [0.1, 0.15) is 42.6 Å². The molecule has 2 N–H and O–H groups in total. The van der Waals surface area contributed by atoms with Crippen LogP contribution >= 0.6 is 0 Å². The van der Waals surface area contributed by atoms with Gasteiger partial charge in [-0.25, -0.2) is 9.37 Å². The van der Waals surface area contributed by atoms with E-state index < -0.39 is 30.0 Å². The third kappa shape index (κ3) is 5.03. The van der Waals surface area contributed by atoms with Gasteiger partial charge in [0, 0.05) is 31.1 Å². The molecule has 0 amide bonds. The average Bonchev–Trinajstić information content (AvgIpc) is 2.85. The van der Waals surface area contributed by atoms with E-state index in [1.54, 1.807) is 13.8 Å². The van der Waals surface area contributed by atoms with E-state index in [4.69, 9.17) is 4.74 Å². The van der Waals surface area contributed by atoms with Crippen molar-refractivity contribution in [2.24, 2.45) is 0 Å². The van der Waals surface area contributed by atoms with Gasteiger partial charge in [-0.3, -0.25) is 0 Å². The van der Waals surface area contributed by atoms with Crippen LogP contribution in [-0.4, -0.2) is 60.3 Å². The Morgan fingerprint density at radius 3 is 2.61 bits per heavy atom. The number of hydrogen-bond acceptors (Lipinski definition) is 8. The van der Waals surface area contributed by atoms with E-state index >= 15 is 4.39 Å². The summed E-state index contributed by atoms with van der Waals surface area (Å²) < 4.78 is 54.1. The number of fused-ring (bicyclic) bond motifs is 1. The van der Waals surface area contributed by atoms with Gasteiger partial charge in [0.2, 0.25) is 5.88 Å². The van der Waals surface area contributed by atoms with Crippen molar-refractivity contribution in [2.45, 2.75) is 44.8 Å². The molecule has 2 aromatic heterocycles. The topological polar surface area (TPSA) is 92.6 Å². The summed E-state index contributed by atoms with van der Waals surface area (Å²) in [7, 11) is 2.68. The van der Waals surface area contributed by atoms with E-state index in [0.717, 1.165) is 18.9 Å². The molecule has 0 aliphatic carbocycles. The lowest BCUT2D eigenvalue weighted by Crippen LogP contribution is -2.36. The predicted molar refractivity (Wildman–Crippen MR) is 130 cm³/mol. The first-order chi connectivity index (χ1) is 17.2. The van der Waals surface area contributed by atoms with Crippen molar-refractivity contribution in [2.75, 3.05) is 44.1 Å². The van der Waals surface area contributed by atoms with Crippen LogP contribution in [0.25, 0.3) is 10.9 Å². The van der Waals surface area contributed by atoms with E-state index in [1.165, 1.54) is 19.2 Å². The number of aromatic nitrogens is 3. The molecule has 11 heteroatoms. The van der Waals surface area contributed by atoms with Gasteiger partial charge in [-0.1, -0.05) is 12.1 Å². The van der Waals surface area contributed by atoms with Crippen molar-refractivity contribution in [1.82, 2.24) is 15.2 Å². The van der Waals surface area contributed by atoms with Gasteiger partial charge in [-0.15, -0.1) is 5.10 Å². The Kier molecular flexibility index (Phi) is 7.51. The van der Waals surface area contributed by atoms with Crippen molar-refractivity contribution < 1.29 is 27.8 Å². The number of pyridine rings is 1. The van der Waals surface area contributed by atoms with Crippen molar-refractivity contribution in [3.8, 4) is 5.88 Å². The fourth-order valence-electron chi connectivity index (χ4n) is 4.47. The zero-order valence-electron chi connectivity index (χ0n) is 20.7. The molecular formula is C25H30F3N5O3. The number of aliphatic hydroxyl groups is 1. The maximum Gasteiger partial charge on any atom is 0.298 e. The number of rotatable bonds is 8. The quantitative estimate of drug-likeness (QED) is 0.467. The Hall–Kier alpha value is -3.18. The number of ether oxygens (including phenoxy) is 2. The van der Waals surface area contributed by atoms with Gasteiger partial charge in [0.1, 0.15) is 23.6 Å². The number of hydrogen-bond donors (Lipinski definition) is 2. The highest BCUT2D eigenvalue weighted by Gasteiger charge is 2.36. The minimum Gasteiger partial charge on any atom is -0.480 e. The molecule has 0 spiro atoms. The summed E-state index contributed by atoms with van der Waals surface area (Å²) in [6, 6.07) is 5.08. The Bertz CT molecular complexity index is 1240. The molecule has 4 rings (SSSR count). The van der Waals surface area contributed by atoms with Gasteiger partial charge in [0.05, 0.1) is 30.5 Å². The maximum atomic E-state index is 15.2.